The van der Waals surface area contributed by atoms with Crippen molar-refractivity contribution in [2.75, 3.05) is 17.2 Å². The third-order valence-electron chi connectivity index (χ3n) is 3.20. The molecule has 1 aliphatic rings. The van der Waals surface area contributed by atoms with E-state index in [1.807, 2.05) is 30.0 Å². The van der Waals surface area contributed by atoms with Crippen LogP contribution in [-0.2, 0) is 10.2 Å². The second kappa shape index (κ2) is 3.51. The van der Waals surface area contributed by atoms with Crippen molar-refractivity contribution in [1.82, 2.24) is 0 Å². The van der Waals surface area contributed by atoms with Crippen LogP contribution >= 0.6 is 0 Å². The molecule has 1 aromatic rings. The first-order valence-corrected chi connectivity index (χ1v) is 5.66. The van der Waals surface area contributed by atoms with Crippen molar-refractivity contribution in [3.05, 3.63) is 23.8 Å². The van der Waals surface area contributed by atoms with Crippen LogP contribution in [0.15, 0.2) is 18.2 Å². The van der Waals surface area contributed by atoms with Crippen LogP contribution in [0.25, 0.3) is 0 Å². The molecule has 2 rings (SSSR count). The molecule has 1 heterocycles. The zero-order valence-electron chi connectivity index (χ0n) is 10.1. The smallest absolute Gasteiger partial charge is 0.226 e. The van der Waals surface area contributed by atoms with Gasteiger partial charge >= 0.3 is 0 Å². The normalized spacial score (nSPS) is 17.3. The van der Waals surface area contributed by atoms with E-state index in [1.165, 1.54) is 5.56 Å². The van der Waals surface area contributed by atoms with Gasteiger partial charge in [0.1, 0.15) is 0 Å². The minimum Gasteiger partial charge on any atom is -0.399 e. The molecule has 0 saturated heterocycles. The molecule has 3 nitrogen and oxygen atoms in total. The van der Waals surface area contributed by atoms with E-state index in [0.717, 1.165) is 12.2 Å². The molecule has 3 heteroatoms. The Morgan fingerprint density at radius 2 is 2.19 bits per heavy atom. The first-order chi connectivity index (χ1) is 7.45. The fraction of sp³-hybridized carbons (Fsp3) is 0.462. The summed E-state index contributed by atoms with van der Waals surface area (Å²) in [6.45, 7) is 6.95. The van der Waals surface area contributed by atoms with Gasteiger partial charge in [-0.25, -0.2) is 0 Å². The summed E-state index contributed by atoms with van der Waals surface area (Å²) in [6, 6.07) is 5.84. The van der Waals surface area contributed by atoms with Crippen molar-refractivity contribution in [2.45, 2.75) is 32.6 Å². The molecule has 1 aromatic carbocycles. The third-order valence-corrected chi connectivity index (χ3v) is 3.20. The van der Waals surface area contributed by atoms with Crippen molar-refractivity contribution in [3.8, 4) is 0 Å². The minimum atomic E-state index is 0.0217. The lowest BCUT2D eigenvalue weighted by atomic mass is 9.87. The molecular formula is C13H18N2O. The zero-order valence-corrected chi connectivity index (χ0v) is 10.1. The topological polar surface area (TPSA) is 46.3 Å². The number of carbonyl (C=O) groups is 1. The molecule has 0 unspecified atom stereocenters. The highest BCUT2D eigenvalue weighted by atomic mass is 16.2. The van der Waals surface area contributed by atoms with Crippen LogP contribution < -0.4 is 10.6 Å². The molecule has 16 heavy (non-hydrogen) atoms. The van der Waals surface area contributed by atoms with Gasteiger partial charge in [0.2, 0.25) is 5.91 Å². The number of nitrogens with zero attached hydrogens (tertiary/aromatic N) is 1. The number of nitrogens with two attached hydrogens (primary N) is 1. The summed E-state index contributed by atoms with van der Waals surface area (Å²) in [5.41, 5.74) is 8.72. The molecule has 0 spiro atoms. The van der Waals surface area contributed by atoms with Crippen molar-refractivity contribution in [3.63, 3.8) is 0 Å². The second-order valence-corrected chi connectivity index (χ2v) is 4.99. The van der Waals surface area contributed by atoms with Gasteiger partial charge in [0, 0.05) is 29.8 Å². The van der Waals surface area contributed by atoms with Crippen LogP contribution in [-0.4, -0.2) is 12.5 Å². The average molecular weight is 218 g/mol. The standard InChI is InChI=1S/C13H18N2O/c1-4-12(16)15-8-13(2,3)10-6-5-9(14)7-11(10)15/h5-7H,4,8,14H2,1-3H3. The summed E-state index contributed by atoms with van der Waals surface area (Å²) in [5, 5.41) is 0. The van der Waals surface area contributed by atoms with E-state index in [1.54, 1.807) is 0 Å². The monoisotopic (exact) mass is 218 g/mol. The van der Waals surface area contributed by atoms with E-state index in [0.29, 0.717) is 12.1 Å². The summed E-state index contributed by atoms with van der Waals surface area (Å²) in [5.74, 6) is 0.164. The SMILES string of the molecule is CCC(=O)N1CC(C)(C)c2ccc(N)cc21. The largest absolute Gasteiger partial charge is 0.399 e. The molecule has 0 saturated carbocycles. The highest BCUT2D eigenvalue weighted by molar-refractivity contribution is 5.96. The Labute approximate surface area is 96.2 Å². The van der Waals surface area contributed by atoms with Gasteiger partial charge in [-0.3, -0.25) is 4.79 Å². The predicted molar refractivity (Wildman–Crippen MR) is 66.5 cm³/mol. The Hall–Kier alpha value is -1.51. The number of anilines is 2. The van der Waals surface area contributed by atoms with Crippen LogP contribution in [0.4, 0.5) is 11.4 Å². The summed E-state index contributed by atoms with van der Waals surface area (Å²) >= 11 is 0. The highest BCUT2D eigenvalue weighted by Crippen LogP contribution is 2.41. The summed E-state index contributed by atoms with van der Waals surface area (Å²) in [4.78, 5) is 13.7. The van der Waals surface area contributed by atoms with Gasteiger partial charge in [-0.05, 0) is 17.7 Å². The van der Waals surface area contributed by atoms with Gasteiger partial charge in [0.25, 0.3) is 0 Å². The number of amides is 1. The van der Waals surface area contributed by atoms with E-state index < -0.39 is 0 Å². The van der Waals surface area contributed by atoms with Gasteiger partial charge in [-0.2, -0.15) is 0 Å². The van der Waals surface area contributed by atoms with Crippen LogP contribution in [0.5, 0.6) is 0 Å². The number of fused-ring (bicyclic) bond motifs is 1. The second-order valence-electron chi connectivity index (χ2n) is 4.99. The van der Waals surface area contributed by atoms with E-state index in [4.69, 9.17) is 5.73 Å². The summed E-state index contributed by atoms with van der Waals surface area (Å²) in [6.07, 6.45) is 0.532. The van der Waals surface area contributed by atoms with Gasteiger partial charge in [-0.15, -0.1) is 0 Å². The first kappa shape index (κ1) is 11.0. The van der Waals surface area contributed by atoms with Crippen molar-refractivity contribution in [1.29, 1.82) is 0 Å². The fourth-order valence-electron chi connectivity index (χ4n) is 2.32. The van der Waals surface area contributed by atoms with Crippen LogP contribution in [0, 0.1) is 0 Å². The Balaban J connectivity index is 2.52. The fourth-order valence-corrected chi connectivity index (χ4v) is 2.32. The first-order valence-electron chi connectivity index (χ1n) is 5.66. The molecule has 2 N–H and O–H groups in total. The predicted octanol–water partition coefficient (Wildman–Crippen LogP) is 2.30. The van der Waals surface area contributed by atoms with E-state index >= 15 is 0 Å². The van der Waals surface area contributed by atoms with Crippen molar-refractivity contribution >= 4 is 17.3 Å². The highest BCUT2D eigenvalue weighted by Gasteiger charge is 2.37. The van der Waals surface area contributed by atoms with Crippen molar-refractivity contribution < 1.29 is 4.79 Å². The molecule has 0 aromatic heterocycles. The molecule has 0 fully saturated rings. The summed E-state index contributed by atoms with van der Waals surface area (Å²) < 4.78 is 0. The van der Waals surface area contributed by atoms with Gasteiger partial charge in [0.05, 0.1) is 0 Å². The van der Waals surface area contributed by atoms with Gasteiger partial charge in [-0.1, -0.05) is 26.8 Å². The molecule has 0 radical (unpaired) electrons. The average Bonchev–Trinajstić information content (AvgIpc) is 2.49. The number of benzene rings is 1. The number of rotatable bonds is 1. The Kier molecular flexibility index (Phi) is 2.41. The Morgan fingerprint density at radius 1 is 1.50 bits per heavy atom. The maximum Gasteiger partial charge on any atom is 0.226 e. The molecule has 1 aliphatic heterocycles. The molecule has 0 aliphatic carbocycles. The molecule has 1 amide bonds. The molecule has 86 valence electrons. The van der Waals surface area contributed by atoms with Crippen molar-refractivity contribution in [2.24, 2.45) is 0 Å². The molecular weight excluding hydrogens is 200 g/mol. The quantitative estimate of drug-likeness (QED) is 0.735. The van der Waals surface area contributed by atoms with Gasteiger partial charge < -0.3 is 10.6 Å². The lowest BCUT2D eigenvalue weighted by Crippen LogP contribution is -2.33. The Morgan fingerprint density at radius 3 is 2.81 bits per heavy atom. The van der Waals surface area contributed by atoms with Crippen LogP contribution in [0.2, 0.25) is 0 Å². The van der Waals surface area contributed by atoms with Crippen LogP contribution in [0.3, 0.4) is 0 Å². The van der Waals surface area contributed by atoms with E-state index in [9.17, 15) is 4.79 Å². The minimum absolute atomic E-state index is 0.0217. The summed E-state index contributed by atoms with van der Waals surface area (Å²) in [7, 11) is 0. The number of carbonyl (C=O) groups excluding carboxylic acids is 1. The number of hydrogen-bond acceptors (Lipinski definition) is 2. The third kappa shape index (κ3) is 1.56. The lowest BCUT2D eigenvalue weighted by Gasteiger charge is -2.20. The zero-order chi connectivity index (χ0) is 11.9. The maximum absolute atomic E-state index is 11.9. The number of hydrogen-bond donors (Lipinski definition) is 1. The van der Waals surface area contributed by atoms with E-state index in [-0.39, 0.29) is 11.3 Å². The molecule has 0 bridgehead atoms. The maximum atomic E-state index is 11.9. The Bertz CT molecular complexity index is 438. The van der Waals surface area contributed by atoms with Crippen LogP contribution in [0.1, 0.15) is 32.8 Å². The van der Waals surface area contributed by atoms with Gasteiger partial charge in [0.15, 0.2) is 0 Å². The van der Waals surface area contributed by atoms with E-state index in [2.05, 4.69) is 13.8 Å². The lowest BCUT2D eigenvalue weighted by molar-refractivity contribution is -0.118. The molecule has 0 atom stereocenters. The number of nitrogen functional groups attached to an aromatic ring is 1.